The first-order valence-electron chi connectivity index (χ1n) is 0.626. The standard InChI is InChI=1S/CHIS2/c2-4-1-3/h1H. The Morgan fingerprint density at radius 1 is 2.00 bits per heavy atom. The Balaban J connectivity index is 2.30. The fourth-order valence-electron chi connectivity index (χ4n) is 0. The predicted molar refractivity (Wildman–Crippen MR) is 35.3 cm³/mol. The van der Waals surface area contributed by atoms with E-state index in [0.717, 1.165) is 0 Å². The quantitative estimate of drug-likeness (QED) is 0.473. The van der Waals surface area contributed by atoms with Crippen LogP contribution in [-0.4, -0.2) is 4.70 Å². The van der Waals surface area contributed by atoms with Crippen molar-refractivity contribution >= 4 is 47.1 Å². The van der Waals surface area contributed by atoms with Gasteiger partial charge in [-0.1, -0.05) is 12.2 Å². The summed E-state index contributed by atoms with van der Waals surface area (Å²) in [5.41, 5.74) is 0. The highest BCUT2D eigenvalue weighted by Crippen LogP contribution is 2.03. The number of rotatable bonds is 1. The smallest absolute Gasteiger partial charge is 0.0447 e. The van der Waals surface area contributed by atoms with E-state index in [1.807, 2.05) is 0 Å². The van der Waals surface area contributed by atoms with Crippen LogP contribution in [0.25, 0.3) is 0 Å². The number of halogens is 1. The first-order chi connectivity index (χ1) is 1.91. The molecule has 0 aliphatic carbocycles. The maximum Gasteiger partial charge on any atom is 0.0447 e. The van der Waals surface area contributed by atoms with Crippen molar-refractivity contribution in [2.75, 3.05) is 0 Å². The van der Waals surface area contributed by atoms with Crippen molar-refractivity contribution in [3.05, 3.63) is 0 Å². The van der Waals surface area contributed by atoms with Crippen molar-refractivity contribution in [3.63, 3.8) is 0 Å². The van der Waals surface area contributed by atoms with Crippen LogP contribution in [0.15, 0.2) is 0 Å². The molecule has 0 amide bonds. The molecule has 0 rings (SSSR count). The first kappa shape index (κ1) is 5.17. The molecule has 0 nitrogen and oxygen atoms in total. The van der Waals surface area contributed by atoms with E-state index in [2.05, 4.69) is 33.4 Å². The van der Waals surface area contributed by atoms with E-state index in [-0.39, 0.29) is 0 Å². The monoisotopic (exact) mass is 204 g/mol. The van der Waals surface area contributed by atoms with Gasteiger partial charge in [-0.25, -0.2) is 0 Å². The lowest BCUT2D eigenvalue weighted by atomic mass is 11.9. The second kappa shape index (κ2) is 4.17. The molecule has 3 heteroatoms. The van der Waals surface area contributed by atoms with Crippen molar-refractivity contribution in [2.45, 2.75) is 0 Å². The maximum absolute atomic E-state index is 4.38. The minimum Gasteiger partial charge on any atom is -0.0804 e. The van der Waals surface area contributed by atoms with Gasteiger partial charge in [0.05, 0.1) is 0 Å². The largest absolute Gasteiger partial charge is 0.0804 e. The third kappa shape index (κ3) is 3.17. The van der Waals surface area contributed by atoms with Gasteiger partial charge in [0.15, 0.2) is 0 Å². The molecule has 0 aromatic carbocycles. The Morgan fingerprint density at radius 3 is 2.25 bits per heavy atom. The lowest BCUT2D eigenvalue weighted by Gasteiger charge is -1.52. The molecule has 0 saturated heterocycles. The van der Waals surface area contributed by atoms with Crippen molar-refractivity contribution in [1.82, 2.24) is 0 Å². The van der Waals surface area contributed by atoms with Crippen LogP contribution in [0, 0.1) is 0 Å². The van der Waals surface area contributed by atoms with Gasteiger partial charge < -0.3 is 0 Å². The zero-order valence-electron chi connectivity index (χ0n) is 1.77. The van der Waals surface area contributed by atoms with E-state index >= 15 is 0 Å². The van der Waals surface area contributed by atoms with Crippen molar-refractivity contribution in [3.8, 4) is 0 Å². The molecule has 0 aliphatic rings. The summed E-state index contributed by atoms with van der Waals surface area (Å²) in [5.74, 6) is 0. The molecule has 0 saturated carbocycles. The summed E-state index contributed by atoms with van der Waals surface area (Å²) in [7, 11) is 1.52. The van der Waals surface area contributed by atoms with E-state index in [0.29, 0.717) is 0 Å². The van der Waals surface area contributed by atoms with Crippen LogP contribution < -0.4 is 0 Å². The van der Waals surface area contributed by atoms with Gasteiger partial charge in [-0.2, -0.15) is 0 Å². The molecular weight excluding hydrogens is 203 g/mol. The number of hydrogen-bond acceptors (Lipinski definition) is 2. The van der Waals surface area contributed by atoms with E-state index in [1.54, 1.807) is 4.70 Å². The van der Waals surface area contributed by atoms with Gasteiger partial charge >= 0.3 is 0 Å². The Labute approximate surface area is 46.9 Å². The molecule has 0 aliphatic heterocycles. The lowest BCUT2D eigenvalue weighted by Crippen LogP contribution is -1.24. The van der Waals surface area contributed by atoms with Crippen molar-refractivity contribution < 1.29 is 0 Å². The van der Waals surface area contributed by atoms with Crippen LogP contribution in [0.5, 0.6) is 0 Å². The van der Waals surface area contributed by atoms with Gasteiger partial charge in [0.2, 0.25) is 0 Å². The molecule has 0 aromatic rings. The summed E-state index contributed by atoms with van der Waals surface area (Å²) in [6.45, 7) is 0. The Morgan fingerprint density at radius 2 is 2.25 bits per heavy atom. The fourth-order valence-corrected chi connectivity index (χ4v) is 0. The zero-order valence-corrected chi connectivity index (χ0v) is 5.56. The van der Waals surface area contributed by atoms with Gasteiger partial charge in [0.1, 0.15) is 0 Å². The lowest BCUT2D eigenvalue weighted by molar-refractivity contribution is 4.51. The van der Waals surface area contributed by atoms with Crippen LogP contribution in [0.3, 0.4) is 0 Å². The second-order valence-electron chi connectivity index (χ2n) is 0.185. The SMILES string of the molecule is S=CSI. The van der Waals surface area contributed by atoms with Gasteiger partial charge in [-0.15, -0.1) is 0 Å². The summed E-state index contributed by atoms with van der Waals surface area (Å²) in [6, 6.07) is 0. The third-order valence-electron chi connectivity index (χ3n) is 0.0364. The minimum absolute atomic E-state index is 1.52. The molecule has 24 valence electrons. The van der Waals surface area contributed by atoms with Gasteiger partial charge in [0.25, 0.3) is 0 Å². The van der Waals surface area contributed by atoms with E-state index in [1.165, 1.54) is 8.93 Å². The molecule has 0 heterocycles. The second-order valence-corrected chi connectivity index (χ2v) is 2.66. The van der Waals surface area contributed by atoms with Crippen molar-refractivity contribution in [2.24, 2.45) is 0 Å². The highest BCUT2D eigenvalue weighted by atomic mass is 127. The van der Waals surface area contributed by atoms with Crippen LogP contribution in [0.2, 0.25) is 0 Å². The number of hydrogen-bond donors (Lipinski definition) is 0. The Hall–Kier alpha value is 1.17. The zero-order chi connectivity index (χ0) is 3.41. The Bertz CT molecular complexity index is 20.0. The number of thiocarbonyl (C=S) groups is 1. The highest BCUT2D eigenvalue weighted by Gasteiger charge is 1.50. The molecule has 0 atom stereocenters. The topological polar surface area (TPSA) is 0 Å². The minimum atomic E-state index is 1.52. The average Bonchev–Trinajstić information content (AvgIpc) is 1.37. The predicted octanol–water partition coefficient (Wildman–Crippen LogP) is 2.03. The summed E-state index contributed by atoms with van der Waals surface area (Å²) in [4.78, 5) is 0. The summed E-state index contributed by atoms with van der Waals surface area (Å²) < 4.78 is 1.61. The summed E-state index contributed by atoms with van der Waals surface area (Å²) in [6.07, 6.45) is 0. The van der Waals surface area contributed by atoms with Crippen LogP contribution >= 0.6 is 42.4 Å². The van der Waals surface area contributed by atoms with Crippen LogP contribution in [0.4, 0.5) is 0 Å². The average molecular weight is 204 g/mol. The maximum atomic E-state index is 4.38. The third-order valence-corrected chi connectivity index (χ3v) is 2.20. The first-order valence-corrected chi connectivity index (χ1v) is 4.52. The summed E-state index contributed by atoms with van der Waals surface area (Å²) >= 11 is 6.49. The van der Waals surface area contributed by atoms with Crippen LogP contribution in [-0.2, 0) is 0 Å². The van der Waals surface area contributed by atoms with E-state index in [4.69, 9.17) is 0 Å². The van der Waals surface area contributed by atoms with Crippen LogP contribution in [0.1, 0.15) is 0 Å². The summed E-state index contributed by atoms with van der Waals surface area (Å²) in [5, 5.41) is 0. The molecule has 0 bridgehead atoms. The molecule has 0 fully saturated rings. The molecule has 0 spiro atoms. The molecule has 0 radical (unpaired) electrons. The fraction of sp³-hybridized carbons (Fsp3) is 0. The molecule has 0 N–H and O–H groups in total. The Kier molecular flexibility index (Phi) is 5.39. The molecule has 4 heavy (non-hydrogen) atoms. The van der Waals surface area contributed by atoms with Gasteiger partial charge in [-0.05, 0) is 8.93 Å². The molecule has 0 aromatic heterocycles. The van der Waals surface area contributed by atoms with Gasteiger partial charge in [0, 0.05) is 25.9 Å². The van der Waals surface area contributed by atoms with Gasteiger partial charge in [-0.3, -0.25) is 0 Å². The highest BCUT2D eigenvalue weighted by molar-refractivity contribution is 14.2. The normalized spacial score (nSPS) is 6.25. The van der Waals surface area contributed by atoms with E-state index in [9.17, 15) is 0 Å². The molecular formula is CHIS2. The van der Waals surface area contributed by atoms with Crippen molar-refractivity contribution in [1.29, 1.82) is 0 Å². The molecule has 0 unspecified atom stereocenters. The van der Waals surface area contributed by atoms with E-state index < -0.39 is 0 Å².